The summed E-state index contributed by atoms with van der Waals surface area (Å²) in [4.78, 5) is 9.36. The van der Waals surface area contributed by atoms with E-state index >= 15 is 0 Å². The van der Waals surface area contributed by atoms with Gasteiger partial charge in [-0.2, -0.15) is 14.9 Å². The third-order valence-corrected chi connectivity index (χ3v) is 5.98. The lowest BCUT2D eigenvalue weighted by Gasteiger charge is -2.37. The Hall–Kier alpha value is -0.880. The van der Waals surface area contributed by atoms with E-state index in [-0.39, 0.29) is 9.90 Å². The molecule has 0 bridgehead atoms. The first kappa shape index (κ1) is 22.4. The number of anilines is 2. The maximum Gasteiger partial charge on any atom is 0.199 e. The van der Waals surface area contributed by atoms with Gasteiger partial charge in [0.1, 0.15) is 0 Å². The number of benzene rings is 1. The van der Waals surface area contributed by atoms with Crippen molar-refractivity contribution in [2.24, 2.45) is 10.7 Å². The number of hydrogen-bond acceptors (Lipinski definition) is 4. The van der Waals surface area contributed by atoms with E-state index in [1.54, 1.807) is 0 Å². The van der Waals surface area contributed by atoms with Gasteiger partial charge < -0.3 is 20.9 Å². The van der Waals surface area contributed by atoms with Crippen molar-refractivity contribution in [1.29, 1.82) is 0 Å². The number of piperidine rings is 1. The van der Waals surface area contributed by atoms with Gasteiger partial charge in [-0.1, -0.05) is 18.7 Å². The van der Waals surface area contributed by atoms with Gasteiger partial charge in [0.2, 0.25) is 0 Å². The van der Waals surface area contributed by atoms with Crippen LogP contribution in [0.3, 0.4) is 0 Å². The maximum absolute atomic E-state index is 5.79. The molecule has 0 amide bonds. The molecule has 27 heavy (non-hydrogen) atoms. The highest BCUT2D eigenvalue weighted by atomic mass is 32.2. The van der Waals surface area contributed by atoms with Crippen LogP contribution in [-0.2, 0) is 0 Å². The zero-order valence-corrected chi connectivity index (χ0v) is 19.2. The second-order valence-corrected chi connectivity index (χ2v) is 8.49. The van der Waals surface area contributed by atoms with E-state index in [1.165, 1.54) is 56.2 Å². The first-order valence-electron chi connectivity index (χ1n) is 9.52. The van der Waals surface area contributed by atoms with Gasteiger partial charge in [0.05, 0.1) is 0 Å². The Morgan fingerprint density at radius 1 is 1.19 bits per heavy atom. The van der Waals surface area contributed by atoms with E-state index in [1.807, 2.05) is 6.92 Å². The van der Waals surface area contributed by atoms with Gasteiger partial charge >= 0.3 is 0 Å². The van der Waals surface area contributed by atoms with E-state index in [0.717, 1.165) is 30.6 Å². The van der Waals surface area contributed by atoms with Gasteiger partial charge in [-0.25, -0.2) is 0 Å². The van der Waals surface area contributed by atoms with E-state index in [0.29, 0.717) is 10.3 Å². The largest absolute Gasteiger partial charge is 0.378 e. The van der Waals surface area contributed by atoms with Crippen LogP contribution in [0.2, 0.25) is 0 Å². The van der Waals surface area contributed by atoms with Gasteiger partial charge in [-0.3, -0.25) is 0 Å². The second-order valence-electron chi connectivity index (χ2n) is 6.82. The Kier molecular flexibility index (Phi) is 9.30. The van der Waals surface area contributed by atoms with Crippen molar-refractivity contribution in [2.45, 2.75) is 38.6 Å². The first-order valence-corrected chi connectivity index (χ1v) is 10.9. The third-order valence-electron chi connectivity index (χ3n) is 5.11. The minimum absolute atomic E-state index is 0. The number of thiocarbonyl (C=S) groups is 1. The van der Waals surface area contributed by atoms with E-state index in [9.17, 15) is 0 Å². The number of thioether (sulfide) groups is 1. The van der Waals surface area contributed by atoms with Gasteiger partial charge in [0.15, 0.2) is 10.3 Å². The molecule has 3 N–H and O–H groups in total. The van der Waals surface area contributed by atoms with E-state index < -0.39 is 0 Å². The van der Waals surface area contributed by atoms with Gasteiger partial charge in [0, 0.05) is 30.5 Å². The van der Waals surface area contributed by atoms with Crippen LogP contribution < -0.4 is 16.0 Å². The average molecular weight is 426 g/mol. The molecular weight excluding hydrogens is 393 g/mol. The summed E-state index contributed by atoms with van der Waals surface area (Å²) < 4.78 is 0. The van der Waals surface area contributed by atoms with Crippen LogP contribution in [0.4, 0.5) is 11.4 Å². The molecule has 2 heterocycles. The van der Waals surface area contributed by atoms with Crippen molar-refractivity contribution in [1.82, 2.24) is 4.90 Å². The summed E-state index contributed by atoms with van der Waals surface area (Å²) in [5, 5.41) is 4.04. The molecule has 2 aliphatic rings. The minimum atomic E-state index is 0. The fourth-order valence-corrected chi connectivity index (χ4v) is 4.51. The van der Waals surface area contributed by atoms with Crippen molar-refractivity contribution in [2.75, 3.05) is 42.1 Å². The molecule has 2 aliphatic heterocycles. The second kappa shape index (κ2) is 11.2. The van der Waals surface area contributed by atoms with E-state index in [4.69, 9.17) is 18.0 Å². The number of nitrogens with two attached hydrogens (primary N) is 1. The lowest BCUT2D eigenvalue weighted by Crippen LogP contribution is -2.43. The van der Waals surface area contributed by atoms with Gasteiger partial charge in [-0.05, 0) is 81.0 Å². The number of nitrogens with one attached hydrogen (secondary N) is 1. The predicted octanol–water partition coefficient (Wildman–Crippen LogP) is 3.57. The molecule has 1 aromatic carbocycles. The van der Waals surface area contributed by atoms with Crippen LogP contribution in [0, 0.1) is 0 Å². The number of aliphatic imine (C=N–C) groups is 1. The highest BCUT2D eigenvalue weighted by Gasteiger charge is 2.26. The predicted molar refractivity (Wildman–Crippen MR) is 130 cm³/mol. The van der Waals surface area contributed by atoms with Crippen molar-refractivity contribution in [3.63, 3.8) is 0 Å². The van der Waals surface area contributed by atoms with Gasteiger partial charge in [-0.15, -0.1) is 0 Å². The smallest absolute Gasteiger partial charge is 0.199 e. The molecule has 0 radical (unpaired) electrons. The molecule has 0 aliphatic carbocycles. The zero-order chi connectivity index (χ0) is 18.4. The summed E-state index contributed by atoms with van der Waals surface area (Å²) >= 11 is 6.73. The fraction of sp³-hybridized carbons (Fsp3) is 0.579. The Morgan fingerprint density at radius 2 is 1.81 bits per heavy atom. The lowest BCUT2D eigenvalue weighted by molar-refractivity contribution is 0.208. The molecule has 0 aromatic heterocycles. The van der Waals surface area contributed by atoms with Crippen LogP contribution in [-0.4, -0.2) is 53.2 Å². The van der Waals surface area contributed by atoms with Crippen LogP contribution in [0.25, 0.3) is 0 Å². The molecular formula is C19H32N5PS2. The monoisotopic (exact) mass is 425 g/mol. The fourth-order valence-electron chi connectivity index (χ4n) is 3.78. The molecule has 5 nitrogen and oxygen atoms in total. The molecule has 1 aromatic rings. The van der Waals surface area contributed by atoms with Crippen molar-refractivity contribution in [3.8, 4) is 0 Å². The molecule has 0 saturated carbocycles. The summed E-state index contributed by atoms with van der Waals surface area (Å²) in [6, 6.07) is 9.24. The Morgan fingerprint density at radius 3 is 2.41 bits per heavy atom. The van der Waals surface area contributed by atoms with Crippen molar-refractivity contribution in [3.05, 3.63) is 24.3 Å². The van der Waals surface area contributed by atoms with Crippen molar-refractivity contribution < 1.29 is 0 Å². The summed E-state index contributed by atoms with van der Waals surface area (Å²) in [7, 11) is 0. The number of amidine groups is 1. The zero-order valence-electron chi connectivity index (χ0n) is 16.2. The van der Waals surface area contributed by atoms with Crippen LogP contribution in [0.15, 0.2) is 29.3 Å². The first-order chi connectivity index (χ1) is 12.7. The molecule has 1 atom stereocenters. The number of hydrogen-bond donors (Lipinski definition) is 2. The highest BCUT2D eigenvalue weighted by molar-refractivity contribution is 8.13. The summed E-state index contributed by atoms with van der Waals surface area (Å²) in [6.07, 6.45) is 5.30. The normalized spacial score (nSPS) is 19.0. The molecule has 0 spiro atoms. The maximum atomic E-state index is 5.79. The molecule has 3 rings (SSSR count). The SMILES string of the molecule is CCSC(N)=NC(=S)Nc1ccc(N2CCC(N3CCCC3)CC2)cc1.P. The molecule has 8 heteroatoms. The molecule has 150 valence electrons. The standard InChI is InChI=1S/C19H29N5S2.H3P/c1-2-26-18(20)22-19(25)21-15-5-7-16(8-6-15)24-13-9-17(10-14-24)23-11-3-4-12-23;/h5-8,17H,2-4,9-14H2,1H3,(H3,20,21,22,25);1H3. The number of likely N-dealkylation sites (tertiary alicyclic amines) is 1. The van der Waals surface area contributed by atoms with E-state index in [2.05, 4.69) is 44.4 Å². The summed E-state index contributed by atoms with van der Waals surface area (Å²) in [5.41, 5.74) is 8.02. The molecule has 2 saturated heterocycles. The van der Waals surface area contributed by atoms with Gasteiger partial charge in [0.25, 0.3) is 0 Å². The number of rotatable bonds is 4. The topological polar surface area (TPSA) is 56.9 Å². The average Bonchev–Trinajstić information content (AvgIpc) is 3.17. The van der Waals surface area contributed by atoms with Crippen LogP contribution >= 0.6 is 33.9 Å². The summed E-state index contributed by atoms with van der Waals surface area (Å²) in [5.74, 6) is 0.890. The quantitative estimate of drug-likeness (QED) is 0.333. The lowest BCUT2D eigenvalue weighted by atomic mass is 10.0. The Labute approximate surface area is 176 Å². The van der Waals surface area contributed by atoms with Crippen LogP contribution in [0.5, 0.6) is 0 Å². The summed E-state index contributed by atoms with van der Waals surface area (Å²) in [6.45, 7) is 6.92. The Bertz CT molecular complexity index is 623. The Balaban J connectivity index is 0.00000261. The highest BCUT2D eigenvalue weighted by Crippen LogP contribution is 2.26. The number of nitrogens with zero attached hydrogens (tertiary/aromatic N) is 3. The van der Waals surface area contributed by atoms with Crippen LogP contribution in [0.1, 0.15) is 32.6 Å². The third kappa shape index (κ3) is 6.60. The molecule has 1 unspecified atom stereocenters. The molecule has 2 fully saturated rings. The van der Waals surface area contributed by atoms with Crippen molar-refractivity contribution >= 4 is 55.5 Å². The minimum Gasteiger partial charge on any atom is -0.378 e.